The summed E-state index contributed by atoms with van der Waals surface area (Å²) in [6.07, 6.45) is 4.51. The molecule has 1 saturated heterocycles. The summed E-state index contributed by atoms with van der Waals surface area (Å²) in [4.78, 5) is 26.6. The fraction of sp³-hybridized carbons (Fsp3) is 0.600. The Morgan fingerprint density at radius 3 is 2.75 bits per heavy atom. The van der Waals surface area contributed by atoms with E-state index >= 15 is 0 Å². The van der Waals surface area contributed by atoms with Crippen LogP contribution in [0.4, 0.5) is 0 Å². The van der Waals surface area contributed by atoms with Crippen molar-refractivity contribution in [3.05, 3.63) is 21.4 Å². The lowest BCUT2D eigenvalue weighted by molar-refractivity contribution is -0.144. The number of carboxylic acid groups (broad SMARTS) is 1. The van der Waals surface area contributed by atoms with E-state index in [-0.39, 0.29) is 17.7 Å². The smallest absolute Gasteiger partial charge is 0.306 e. The Balaban J connectivity index is 1.67. The SMILES string of the molecule is CC(C(=O)O)C1CN(C(=O)c2csc3c2CCCC3)C1. The number of hydrogen-bond donors (Lipinski definition) is 1. The molecule has 1 aliphatic carbocycles. The third-order valence-electron chi connectivity index (χ3n) is 4.59. The van der Waals surface area contributed by atoms with Crippen molar-refractivity contribution < 1.29 is 14.7 Å². The first-order valence-corrected chi connectivity index (χ1v) is 8.07. The van der Waals surface area contributed by atoms with E-state index in [0.29, 0.717) is 13.1 Å². The second-order valence-corrected chi connectivity index (χ2v) is 6.82. The van der Waals surface area contributed by atoms with Crippen molar-refractivity contribution in [3.63, 3.8) is 0 Å². The molecule has 1 aromatic rings. The van der Waals surface area contributed by atoms with Crippen molar-refractivity contribution in [1.29, 1.82) is 0 Å². The summed E-state index contributed by atoms with van der Waals surface area (Å²) in [6, 6.07) is 0. The highest BCUT2D eigenvalue weighted by Crippen LogP contribution is 2.33. The molecule has 1 atom stereocenters. The lowest BCUT2D eigenvalue weighted by Gasteiger charge is -2.41. The normalized spacial score (nSPS) is 20.1. The van der Waals surface area contributed by atoms with E-state index < -0.39 is 5.97 Å². The first-order chi connectivity index (χ1) is 9.58. The number of carboxylic acids is 1. The zero-order valence-corrected chi connectivity index (χ0v) is 12.4. The minimum absolute atomic E-state index is 0.0956. The maximum atomic E-state index is 12.5. The predicted molar refractivity (Wildman–Crippen MR) is 77.2 cm³/mol. The first-order valence-electron chi connectivity index (χ1n) is 7.19. The van der Waals surface area contributed by atoms with Crippen LogP contribution >= 0.6 is 11.3 Å². The van der Waals surface area contributed by atoms with Crippen molar-refractivity contribution in [2.24, 2.45) is 11.8 Å². The number of hydrogen-bond acceptors (Lipinski definition) is 3. The molecule has 0 saturated carbocycles. The Morgan fingerprint density at radius 1 is 1.35 bits per heavy atom. The standard InChI is InChI=1S/C15H19NO3S/c1-9(15(18)19)10-6-16(7-10)14(17)12-8-20-13-5-3-2-4-11(12)13/h8-10H,2-7H2,1H3,(H,18,19). The first kappa shape index (κ1) is 13.6. The molecule has 0 bridgehead atoms. The van der Waals surface area contributed by atoms with Crippen LogP contribution in [0.15, 0.2) is 5.38 Å². The second-order valence-electron chi connectivity index (χ2n) is 5.86. The van der Waals surface area contributed by atoms with Gasteiger partial charge in [-0.3, -0.25) is 9.59 Å². The third kappa shape index (κ3) is 2.24. The van der Waals surface area contributed by atoms with E-state index in [1.807, 2.05) is 5.38 Å². The van der Waals surface area contributed by atoms with Crippen molar-refractivity contribution in [1.82, 2.24) is 4.90 Å². The zero-order valence-electron chi connectivity index (χ0n) is 11.6. The molecule has 1 aliphatic heterocycles. The Bertz CT molecular complexity index is 545. The van der Waals surface area contributed by atoms with E-state index in [4.69, 9.17) is 5.11 Å². The van der Waals surface area contributed by atoms with Crippen LogP contribution < -0.4 is 0 Å². The summed E-state index contributed by atoms with van der Waals surface area (Å²) >= 11 is 1.70. The highest BCUT2D eigenvalue weighted by atomic mass is 32.1. The summed E-state index contributed by atoms with van der Waals surface area (Å²) in [5.74, 6) is -0.936. The van der Waals surface area contributed by atoms with Gasteiger partial charge in [0.2, 0.25) is 0 Å². The van der Waals surface area contributed by atoms with E-state index in [1.54, 1.807) is 23.2 Å². The molecule has 20 heavy (non-hydrogen) atoms. The molecular formula is C15H19NO3S. The van der Waals surface area contributed by atoms with Gasteiger partial charge in [-0.25, -0.2) is 0 Å². The number of rotatable bonds is 3. The van der Waals surface area contributed by atoms with Gasteiger partial charge >= 0.3 is 5.97 Å². The average Bonchev–Trinajstić information content (AvgIpc) is 2.80. The molecule has 1 N–H and O–H groups in total. The number of carbonyl (C=O) groups excluding carboxylic acids is 1. The molecule has 108 valence electrons. The van der Waals surface area contributed by atoms with Gasteiger partial charge in [0, 0.05) is 29.3 Å². The van der Waals surface area contributed by atoms with Crippen LogP contribution in [0.1, 0.15) is 40.6 Å². The van der Waals surface area contributed by atoms with E-state index in [0.717, 1.165) is 18.4 Å². The van der Waals surface area contributed by atoms with Crippen LogP contribution in [0.3, 0.4) is 0 Å². The number of likely N-dealkylation sites (tertiary alicyclic amines) is 1. The van der Waals surface area contributed by atoms with E-state index in [9.17, 15) is 9.59 Å². The largest absolute Gasteiger partial charge is 0.481 e. The number of aryl methyl sites for hydroxylation is 1. The number of carbonyl (C=O) groups is 2. The van der Waals surface area contributed by atoms with Crippen molar-refractivity contribution in [3.8, 4) is 0 Å². The Kier molecular flexibility index (Phi) is 3.54. The van der Waals surface area contributed by atoms with Crippen LogP contribution in [-0.4, -0.2) is 35.0 Å². The van der Waals surface area contributed by atoms with Gasteiger partial charge < -0.3 is 10.0 Å². The molecule has 3 rings (SSSR count). The monoisotopic (exact) mass is 293 g/mol. The number of aliphatic carboxylic acids is 1. The fourth-order valence-corrected chi connectivity index (χ4v) is 4.16. The maximum absolute atomic E-state index is 12.5. The van der Waals surface area contributed by atoms with Gasteiger partial charge in [-0.15, -0.1) is 11.3 Å². The molecule has 1 amide bonds. The minimum Gasteiger partial charge on any atom is -0.481 e. The van der Waals surface area contributed by atoms with Crippen LogP contribution in [-0.2, 0) is 17.6 Å². The number of fused-ring (bicyclic) bond motifs is 1. The molecule has 0 radical (unpaired) electrons. The summed E-state index contributed by atoms with van der Waals surface area (Å²) in [5.41, 5.74) is 2.12. The summed E-state index contributed by atoms with van der Waals surface area (Å²) in [7, 11) is 0. The van der Waals surface area contributed by atoms with Gasteiger partial charge in [0.05, 0.1) is 11.5 Å². The lowest BCUT2D eigenvalue weighted by Crippen LogP contribution is -2.53. The van der Waals surface area contributed by atoms with Crippen LogP contribution in [0.2, 0.25) is 0 Å². The van der Waals surface area contributed by atoms with E-state index in [1.165, 1.54) is 23.3 Å². The molecule has 1 unspecified atom stereocenters. The molecule has 5 heteroatoms. The Morgan fingerprint density at radius 2 is 2.05 bits per heavy atom. The van der Waals surface area contributed by atoms with Crippen molar-refractivity contribution in [2.45, 2.75) is 32.6 Å². The molecule has 2 heterocycles. The lowest BCUT2D eigenvalue weighted by atomic mass is 9.86. The van der Waals surface area contributed by atoms with Gasteiger partial charge in [-0.2, -0.15) is 0 Å². The topological polar surface area (TPSA) is 57.6 Å². The molecule has 2 aliphatic rings. The quantitative estimate of drug-likeness (QED) is 0.931. The van der Waals surface area contributed by atoms with Gasteiger partial charge in [0.15, 0.2) is 0 Å². The molecule has 4 nitrogen and oxygen atoms in total. The molecule has 0 spiro atoms. The summed E-state index contributed by atoms with van der Waals surface area (Å²) < 4.78 is 0. The van der Waals surface area contributed by atoms with Crippen LogP contribution in [0, 0.1) is 11.8 Å². The maximum Gasteiger partial charge on any atom is 0.306 e. The Labute approximate surface area is 122 Å². The fourth-order valence-electron chi connectivity index (χ4n) is 3.04. The summed E-state index contributed by atoms with van der Waals surface area (Å²) in [5, 5.41) is 11.0. The van der Waals surface area contributed by atoms with Crippen molar-refractivity contribution in [2.75, 3.05) is 13.1 Å². The Hall–Kier alpha value is -1.36. The second kappa shape index (κ2) is 5.20. The van der Waals surface area contributed by atoms with Crippen LogP contribution in [0.25, 0.3) is 0 Å². The number of amides is 1. The average molecular weight is 293 g/mol. The molecule has 0 aromatic carbocycles. The van der Waals surface area contributed by atoms with Gasteiger partial charge in [-0.1, -0.05) is 6.92 Å². The highest BCUT2D eigenvalue weighted by molar-refractivity contribution is 7.10. The number of nitrogens with zero attached hydrogens (tertiary/aromatic N) is 1. The molecular weight excluding hydrogens is 274 g/mol. The predicted octanol–water partition coefficient (Wildman–Crippen LogP) is 2.42. The number of thiophene rings is 1. The molecule has 1 fully saturated rings. The highest BCUT2D eigenvalue weighted by Gasteiger charge is 2.38. The molecule has 1 aromatic heterocycles. The van der Waals surface area contributed by atoms with E-state index in [2.05, 4.69) is 0 Å². The third-order valence-corrected chi connectivity index (χ3v) is 5.67. The summed E-state index contributed by atoms with van der Waals surface area (Å²) in [6.45, 7) is 2.88. The zero-order chi connectivity index (χ0) is 14.3. The minimum atomic E-state index is -0.769. The van der Waals surface area contributed by atoms with Crippen LogP contribution in [0.5, 0.6) is 0 Å². The van der Waals surface area contributed by atoms with Gasteiger partial charge in [0.1, 0.15) is 0 Å². The van der Waals surface area contributed by atoms with Crippen molar-refractivity contribution >= 4 is 23.2 Å². The van der Waals surface area contributed by atoms with Gasteiger partial charge in [-0.05, 0) is 31.2 Å². The van der Waals surface area contributed by atoms with Gasteiger partial charge in [0.25, 0.3) is 5.91 Å².